The molecule has 4 heteroatoms. The van der Waals surface area contributed by atoms with E-state index < -0.39 is 0 Å². The molecule has 1 N–H and O–H groups in total. The highest BCUT2D eigenvalue weighted by atomic mass is 32.2. The van der Waals surface area contributed by atoms with Gasteiger partial charge < -0.3 is 10.0 Å². The molecular weight excluding hydrogens is 202 g/mol. The number of thioether (sulfide) groups is 1. The predicted octanol–water partition coefficient (Wildman–Crippen LogP) is 2.22. The van der Waals surface area contributed by atoms with Crippen LogP contribution in [0.5, 0.6) is 0 Å². The van der Waals surface area contributed by atoms with Crippen molar-refractivity contribution in [1.29, 1.82) is 0 Å². The Morgan fingerprint density at radius 3 is 2.92 bits per heavy atom. The van der Waals surface area contributed by atoms with Crippen molar-refractivity contribution in [2.24, 2.45) is 0 Å². The van der Waals surface area contributed by atoms with E-state index in [0.717, 1.165) is 30.1 Å². The first-order valence-corrected chi connectivity index (χ1v) is 6.09. The lowest BCUT2D eigenvalue weighted by atomic mass is 10.2. The molecule has 2 unspecified atom stereocenters. The van der Waals surface area contributed by atoms with E-state index in [1.807, 2.05) is 4.90 Å². The number of rotatable bonds is 3. The highest BCUT2D eigenvalue weighted by Crippen LogP contribution is 2.28. The van der Waals surface area contributed by atoms with Crippen molar-refractivity contribution in [3.05, 3.63) is 0 Å². The fraction of sp³-hybridized carbons (Fsp3) is 0.889. The van der Waals surface area contributed by atoms with Crippen LogP contribution < -0.4 is 0 Å². The Labute approximate surface area is 89.7 Å². The molecule has 2 nitrogen and oxygen atoms in total. The van der Waals surface area contributed by atoms with Crippen LogP contribution in [0.3, 0.4) is 0 Å². The minimum Gasteiger partial charge on any atom is -0.374 e. The standard InChI is InChI=1S/C9H17NOS2/c1-3-4-5-10-8(11)6-7(2)13-9(10)12/h7-8,11H,3-6H2,1-2H3. The lowest BCUT2D eigenvalue weighted by Gasteiger charge is -2.36. The van der Waals surface area contributed by atoms with Crippen LogP contribution in [-0.4, -0.2) is 32.3 Å². The third-order valence-electron chi connectivity index (χ3n) is 2.19. The average molecular weight is 219 g/mol. The van der Waals surface area contributed by atoms with Crippen LogP contribution in [0.1, 0.15) is 33.1 Å². The minimum absolute atomic E-state index is 0.352. The molecule has 0 aliphatic carbocycles. The number of unbranched alkanes of at least 4 members (excludes halogenated alkanes) is 1. The Balaban J connectivity index is 2.46. The number of thiocarbonyl (C=S) groups is 1. The van der Waals surface area contributed by atoms with Crippen LogP contribution >= 0.6 is 24.0 Å². The second-order valence-corrected chi connectivity index (χ2v) is 5.53. The Hall–Kier alpha value is 0.200. The van der Waals surface area contributed by atoms with Crippen LogP contribution in [0.15, 0.2) is 0 Å². The quantitative estimate of drug-likeness (QED) is 0.735. The zero-order valence-corrected chi connectivity index (χ0v) is 9.83. The lowest BCUT2D eigenvalue weighted by molar-refractivity contribution is 0.0467. The van der Waals surface area contributed by atoms with Gasteiger partial charge in [0.2, 0.25) is 0 Å². The van der Waals surface area contributed by atoms with E-state index in [-0.39, 0.29) is 6.23 Å². The van der Waals surface area contributed by atoms with Gasteiger partial charge in [-0.2, -0.15) is 0 Å². The summed E-state index contributed by atoms with van der Waals surface area (Å²) in [5, 5.41) is 10.2. The molecule has 0 aromatic heterocycles. The van der Waals surface area contributed by atoms with Gasteiger partial charge in [0.05, 0.1) is 0 Å². The molecule has 1 fully saturated rings. The molecule has 13 heavy (non-hydrogen) atoms. The molecule has 0 radical (unpaired) electrons. The van der Waals surface area contributed by atoms with Crippen molar-refractivity contribution in [2.45, 2.75) is 44.6 Å². The Kier molecular flexibility index (Phi) is 4.49. The molecule has 1 aliphatic rings. The van der Waals surface area contributed by atoms with Gasteiger partial charge in [0, 0.05) is 18.2 Å². The van der Waals surface area contributed by atoms with Crippen molar-refractivity contribution in [3.8, 4) is 0 Å². The fourth-order valence-electron chi connectivity index (χ4n) is 1.40. The second-order valence-electron chi connectivity index (χ2n) is 3.46. The van der Waals surface area contributed by atoms with Crippen molar-refractivity contribution >= 4 is 28.3 Å². The smallest absolute Gasteiger partial charge is 0.138 e. The van der Waals surface area contributed by atoms with Crippen LogP contribution in [0, 0.1) is 0 Å². The molecule has 1 aliphatic heterocycles. The molecule has 0 aromatic carbocycles. The molecule has 1 rings (SSSR count). The summed E-state index contributed by atoms with van der Waals surface area (Å²) < 4.78 is 0.861. The summed E-state index contributed by atoms with van der Waals surface area (Å²) in [5.41, 5.74) is 0. The van der Waals surface area contributed by atoms with Gasteiger partial charge in [0.15, 0.2) is 0 Å². The van der Waals surface area contributed by atoms with E-state index in [4.69, 9.17) is 12.2 Å². The van der Waals surface area contributed by atoms with Crippen LogP contribution in [0.25, 0.3) is 0 Å². The van der Waals surface area contributed by atoms with E-state index in [0.29, 0.717) is 5.25 Å². The van der Waals surface area contributed by atoms with Gasteiger partial charge in [-0.05, 0) is 6.42 Å². The maximum absolute atomic E-state index is 9.76. The van der Waals surface area contributed by atoms with Gasteiger partial charge in [-0.1, -0.05) is 44.2 Å². The lowest BCUT2D eigenvalue weighted by Crippen LogP contribution is -2.44. The summed E-state index contributed by atoms with van der Waals surface area (Å²) in [7, 11) is 0. The van der Waals surface area contributed by atoms with Gasteiger partial charge >= 0.3 is 0 Å². The van der Waals surface area contributed by atoms with Gasteiger partial charge in [-0.3, -0.25) is 0 Å². The summed E-state index contributed by atoms with van der Waals surface area (Å²) in [6.45, 7) is 5.16. The maximum atomic E-state index is 9.76. The Bertz CT molecular complexity index is 186. The SMILES string of the molecule is CCCCN1C(=S)SC(C)CC1O. The maximum Gasteiger partial charge on any atom is 0.138 e. The van der Waals surface area contributed by atoms with Gasteiger partial charge in [0.25, 0.3) is 0 Å². The van der Waals surface area contributed by atoms with Gasteiger partial charge in [0.1, 0.15) is 10.5 Å². The topological polar surface area (TPSA) is 23.5 Å². The number of hydrogen-bond donors (Lipinski definition) is 1. The third kappa shape index (κ3) is 3.11. The summed E-state index contributed by atoms with van der Waals surface area (Å²) >= 11 is 6.92. The van der Waals surface area contributed by atoms with Gasteiger partial charge in [-0.25, -0.2) is 0 Å². The molecule has 1 saturated heterocycles. The first kappa shape index (κ1) is 11.3. The predicted molar refractivity (Wildman–Crippen MR) is 61.9 cm³/mol. The van der Waals surface area contributed by atoms with E-state index in [1.54, 1.807) is 11.8 Å². The van der Waals surface area contributed by atoms with E-state index in [9.17, 15) is 5.11 Å². The van der Waals surface area contributed by atoms with Crippen molar-refractivity contribution in [2.75, 3.05) is 6.54 Å². The van der Waals surface area contributed by atoms with Crippen LogP contribution in [-0.2, 0) is 0 Å². The van der Waals surface area contributed by atoms with Crippen molar-refractivity contribution in [3.63, 3.8) is 0 Å². The first-order chi connectivity index (χ1) is 6.15. The van der Waals surface area contributed by atoms with E-state index >= 15 is 0 Å². The molecular formula is C9H17NOS2. The molecule has 0 saturated carbocycles. The summed E-state index contributed by atoms with van der Waals surface area (Å²) in [5.74, 6) is 0. The normalized spacial score (nSPS) is 29.5. The largest absolute Gasteiger partial charge is 0.374 e. The Morgan fingerprint density at radius 1 is 1.69 bits per heavy atom. The van der Waals surface area contributed by atoms with Crippen LogP contribution in [0.4, 0.5) is 0 Å². The summed E-state index contributed by atoms with van der Waals surface area (Å²) in [6, 6.07) is 0. The number of hydrogen-bond acceptors (Lipinski definition) is 3. The van der Waals surface area contributed by atoms with Crippen molar-refractivity contribution < 1.29 is 5.11 Å². The van der Waals surface area contributed by atoms with Crippen LogP contribution in [0.2, 0.25) is 0 Å². The summed E-state index contributed by atoms with van der Waals surface area (Å²) in [4.78, 5) is 1.95. The zero-order chi connectivity index (χ0) is 9.84. The molecule has 2 atom stereocenters. The number of aliphatic hydroxyl groups is 1. The first-order valence-electron chi connectivity index (χ1n) is 4.80. The molecule has 76 valence electrons. The van der Waals surface area contributed by atoms with Gasteiger partial charge in [-0.15, -0.1) is 0 Å². The minimum atomic E-state index is -0.352. The van der Waals surface area contributed by atoms with Crippen molar-refractivity contribution in [1.82, 2.24) is 4.90 Å². The summed E-state index contributed by atoms with van der Waals surface area (Å²) in [6.07, 6.45) is 2.72. The van der Waals surface area contributed by atoms with E-state index in [2.05, 4.69) is 13.8 Å². The fourth-order valence-corrected chi connectivity index (χ4v) is 3.07. The molecule has 1 heterocycles. The molecule has 0 amide bonds. The number of nitrogens with zero attached hydrogens (tertiary/aromatic N) is 1. The highest BCUT2D eigenvalue weighted by Gasteiger charge is 2.27. The number of aliphatic hydroxyl groups excluding tert-OH is 1. The molecule has 0 bridgehead atoms. The monoisotopic (exact) mass is 219 g/mol. The van der Waals surface area contributed by atoms with E-state index in [1.165, 1.54) is 0 Å². The third-order valence-corrected chi connectivity index (χ3v) is 3.75. The highest BCUT2D eigenvalue weighted by molar-refractivity contribution is 8.23. The average Bonchev–Trinajstić information content (AvgIpc) is 2.02. The molecule has 0 spiro atoms. The Morgan fingerprint density at radius 2 is 2.38 bits per heavy atom. The second kappa shape index (κ2) is 5.17. The molecule has 0 aromatic rings. The zero-order valence-electron chi connectivity index (χ0n) is 8.19.